The molecule has 26 heavy (non-hydrogen) atoms. The molecule has 8 nitrogen and oxygen atoms in total. The number of benzene rings is 1. The van der Waals surface area contributed by atoms with Crippen LogP contribution in [0.1, 0.15) is 37.4 Å². The van der Waals surface area contributed by atoms with Gasteiger partial charge in [0.2, 0.25) is 21.8 Å². The van der Waals surface area contributed by atoms with E-state index in [0.29, 0.717) is 18.9 Å². The number of aromatic nitrogens is 2. The quantitative estimate of drug-likeness (QED) is 0.824. The zero-order chi connectivity index (χ0) is 18.7. The van der Waals surface area contributed by atoms with Gasteiger partial charge >= 0.3 is 0 Å². The van der Waals surface area contributed by atoms with E-state index >= 15 is 0 Å². The van der Waals surface area contributed by atoms with Gasteiger partial charge in [-0.3, -0.25) is 4.79 Å². The first-order valence-electron chi connectivity index (χ1n) is 8.19. The molecule has 2 heterocycles. The number of rotatable bonds is 5. The van der Waals surface area contributed by atoms with E-state index in [9.17, 15) is 13.2 Å². The van der Waals surface area contributed by atoms with E-state index in [1.807, 2.05) is 0 Å². The Kier molecular flexibility index (Phi) is 5.59. The molecule has 1 fully saturated rings. The maximum atomic E-state index is 12.3. The van der Waals surface area contributed by atoms with Crippen molar-refractivity contribution in [1.29, 1.82) is 0 Å². The van der Waals surface area contributed by atoms with Crippen molar-refractivity contribution in [2.45, 2.75) is 37.1 Å². The van der Waals surface area contributed by atoms with Crippen LogP contribution in [-0.4, -0.2) is 42.5 Å². The molecule has 1 aliphatic rings. The Morgan fingerprint density at radius 2 is 2.04 bits per heavy atom. The van der Waals surface area contributed by atoms with Crippen molar-refractivity contribution in [3.63, 3.8) is 0 Å². The van der Waals surface area contributed by atoms with Gasteiger partial charge in [-0.25, -0.2) is 13.1 Å². The second-order valence-electron chi connectivity index (χ2n) is 6.08. The fourth-order valence-electron chi connectivity index (χ4n) is 2.86. The third-order valence-corrected chi connectivity index (χ3v) is 6.23. The summed E-state index contributed by atoms with van der Waals surface area (Å²) in [6.07, 6.45) is 1.51. The minimum absolute atomic E-state index is 0.00184. The van der Waals surface area contributed by atoms with Gasteiger partial charge in [0.25, 0.3) is 0 Å². The average Bonchev–Trinajstić information content (AvgIpc) is 3.09. The van der Waals surface area contributed by atoms with Gasteiger partial charge in [-0.05, 0) is 25.0 Å². The lowest BCUT2D eigenvalue weighted by molar-refractivity contribution is -0.129. The molecule has 0 aliphatic carbocycles. The number of piperidine rings is 1. The lowest BCUT2D eigenvalue weighted by Crippen LogP contribution is -2.36. The smallest absolute Gasteiger partial charge is 0.242 e. The molecular weight excluding hydrogens is 380 g/mol. The van der Waals surface area contributed by atoms with Gasteiger partial charge in [0.15, 0.2) is 5.82 Å². The normalized spacial score (nSPS) is 16.0. The van der Waals surface area contributed by atoms with Gasteiger partial charge in [-0.2, -0.15) is 4.98 Å². The first kappa shape index (κ1) is 18.8. The number of carbonyl (C=O) groups is 1. The molecule has 3 rings (SSSR count). The molecule has 140 valence electrons. The van der Waals surface area contributed by atoms with Crippen molar-refractivity contribution in [3.05, 3.63) is 41.0 Å². The summed E-state index contributed by atoms with van der Waals surface area (Å²) < 4.78 is 32.2. The van der Waals surface area contributed by atoms with Gasteiger partial charge in [-0.15, -0.1) is 0 Å². The Bertz CT molecular complexity index is 891. The number of hydrogen-bond acceptors (Lipinski definition) is 6. The first-order chi connectivity index (χ1) is 12.4. The summed E-state index contributed by atoms with van der Waals surface area (Å²) in [5, 5.41) is 4.09. The fourth-order valence-corrected chi connectivity index (χ4v) is 4.35. The number of carbonyl (C=O) groups excluding carboxylic acids is 1. The van der Waals surface area contributed by atoms with E-state index in [1.54, 1.807) is 24.0 Å². The molecule has 0 atom stereocenters. The van der Waals surface area contributed by atoms with Crippen LogP contribution in [0.4, 0.5) is 0 Å². The van der Waals surface area contributed by atoms with Crippen molar-refractivity contribution in [1.82, 2.24) is 19.8 Å². The summed E-state index contributed by atoms with van der Waals surface area (Å²) in [5.74, 6) is 0.888. The molecule has 1 aliphatic heterocycles. The molecule has 0 saturated carbocycles. The Labute approximate surface area is 156 Å². The van der Waals surface area contributed by atoms with Crippen LogP contribution in [0.15, 0.2) is 33.7 Å². The first-order valence-corrected chi connectivity index (χ1v) is 10.0. The number of likely N-dealkylation sites (tertiary alicyclic amines) is 1. The maximum absolute atomic E-state index is 12.3. The zero-order valence-corrected chi connectivity index (χ0v) is 15.8. The van der Waals surface area contributed by atoms with Crippen LogP contribution >= 0.6 is 11.6 Å². The highest BCUT2D eigenvalue weighted by Gasteiger charge is 2.26. The molecule has 2 aromatic rings. The molecule has 1 amide bonds. The molecule has 10 heteroatoms. The zero-order valence-electron chi connectivity index (χ0n) is 14.2. The lowest BCUT2D eigenvalue weighted by Gasteiger charge is -2.29. The van der Waals surface area contributed by atoms with Gasteiger partial charge in [-0.1, -0.05) is 28.9 Å². The number of sulfonamides is 1. The topological polar surface area (TPSA) is 105 Å². The maximum Gasteiger partial charge on any atom is 0.242 e. The second-order valence-corrected chi connectivity index (χ2v) is 8.22. The number of nitrogens with one attached hydrogen (secondary N) is 1. The molecular formula is C16H19ClN4O4S. The third kappa shape index (κ3) is 4.22. The van der Waals surface area contributed by atoms with Crippen LogP contribution in [0, 0.1) is 0 Å². The predicted octanol–water partition coefficient (Wildman–Crippen LogP) is 1.93. The van der Waals surface area contributed by atoms with E-state index in [1.165, 1.54) is 12.1 Å². The number of amides is 1. The SMILES string of the molecule is CC(=O)N1CCC(c2noc(CNS(=O)(=O)c3ccccc3Cl)n2)CC1. The van der Waals surface area contributed by atoms with E-state index < -0.39 is 10.0 Å². The minimum Gasteiger partial charge on any atom is -0.343 e. The highest BCUT2D eigenvalue weighted by atomic mass is 35.5. The largest absolute Gasteiger partial charge is 0.343 e. The van der Waals surface area contributed by atoms with Crippen molar-refractivity contribution in [3.8, 4) is 0 Å². The third-order valence-electron chi connectivity index (χ3n) is 4.33. The lowest BCUT2D eigenvalue weighted by atomic mass is 9.96. The Hall–Kier alpha value is -1.97. The number of hydrogen-bond donors (Lipinski definition) is 1. The Balaban J connectivity index is 1.61. The standard InChI is InChI=1S/C16H19ClN4O4S/c1-11(22)21-8-6-12(7-9-21)16-19-15(25-20-16)10-18-26(23,24)14-5-3-2-4-13(14)17/h2-5,12,18H,6-10H2,1H3. The van der Waals surface area contributed by atoms with Crippen LogP contribution in [0.25, 0.3) is 0 Å². The van der Waals surface area contributed by atoms with Crippen LogP contribution in [0.5, 0.6) is 0 Å². The summed E-state index contributed by atoms with van der Waals surface area (Å²) in [6, 6.07) is 6.18. The van der Waals surface area contributed by atoms with Crippen molar-refractivity contribution in [2.75, 3.05) is 13.1 Å². The fraction of sp³-hybridized carbons (Fsp3) is 0.438. The van der Waals surface area contributed by atoms with E-state index in [4.69, 9.17) is 16.1 Å². The minimum atomic E-state index is -3.78. The molecule has 0 spiro atoms. The van der Waals surface area contributed by atoms with E-state index in [-0.39, 0.29) is 34.2 Å². The molecule has 0 bridgehead atoms. The predicted molar refractivity (Wildman–Crippen MR) is 94.0 cm³/mol. The van der Waals surface area contributed by atoms with Crippen molar-refractivity contribution >= 4 is 27.5 Å². The van der Waals surface area contributed by atoms with Crippen LogP contribution in [0.3, 0.4) is 0 Å². The Morgan fingerprint density at radius 1 is 1.35 bits per heavy atom. The average molecular weight is 399 g/mol. The monoisotopic (exact) mass is 398 g/mol. The van der Waals surface area contributed by atoms with Gasteiger partial charge in [0.05, 0.1) is 11.6 Å². The molecule has 1 N–H and O–H groups in total. The molecule has 0 unspecified atom stereocenters. The van der Waals surface area contributed by atoms with Crippen LogP contribution in [-0.2, 0) is 21.4 Å². The van der Waals surface area contributed by atoms with Crippen molar-refractivity contribution in [2.24, 2.45) is 0 Å². The van der Waals surface area contributed by atoms with Gasteiger partial charge in [0, 0.05) is 25.9 Å². The molecule has 1 aromatic heterocycles. The summed E-state index contributed by atoms with van der Waals surface area (Å²) in [5.41, 5.74) is 0. The summed E-state index contributed by atoms with van der Waals surface area (Å²) >= 11 is 5.93. The Morgan fingerprint density at radius 3 is 2.69 bits per heavy atom. The molecule has 0 radical (unpaired) electrons. The van der Waals surface area contributed by atoms with Crippen LogP contribution in [0.2, 0.25) is 5.02 Å². The summed E-state index contributed by atoms with van der Waals surface area (Å²) in [4.78, 5) is 17.4. The summed E-state index contributed by atoms with van der Waals surface area (Å²) in [7, 11) is -3.78. The number of nitrogens with zero attached hydrogens (tertiary/aromatic N) is 3. The summed E-state index contributed by atoms with van der Waals surface area (Å²) in [6.45, 7) is 2.75. The second kappa shape index (κ2) is 7.73. The van der Waals surface area contributed by atoms with E-state index in [0.717, 1.165) is 12.8 Å². The van der Waals surface area contributed by atoms with Gasteiger partial charge < -0.3 is 9.42 Å². The van der Waals surface area contributed by atoms with Crippen LogP contribution < -0.4 is 4.72 Å². The molecule has 1 saturated heterocycles. The highest BCUT2D eigenvalue weighted by molar-refractivity contribution is 7.89. The van der Waals surface area contributed by atoms with E-state index in [2.05, 4.69) is 14.9 Å². The number of halogens is 1. The highest BCUT2D eigenvalue weighted by Crippen LogP contribution is 2.26. The molecule has 1 aromatic carbocycles. The van der Waals surface area contributed by atoms with Gasteiger partial charge in [0.1, 0.15) is 4.90 Å². The van der Waals surface area contributed by atoms with Crippen molar-refractivity contribution < 1.29 is 17.7 Å².